The van der Waals surface area contributed by atoms with E-state index in [2.05, 4.69) is 50.3 Å². The van der Waals surface area contributed by atoms with Crippen LogP contribution in [0.15, 0.2) is 36.5 Å². The first-order valence-corrected chi connectivity index (χ1v) is 5.86. The Hall–Kier alpha value is -0.780. The molecular weight excluding hydrogens is 168 g/mol. The van der Waals surface area contributed by atoms with Crippen LogP contribution in [0.3, 0.4) is 0 Å². The third-order valence-electron chi connectivity index (χ3n) is 1.96. The van der Waals surface area contributed by atoms with Crippen LogP contribution in [0.2, 0.25) is 0 Å². The van der Waals surface area contributed by atoms with Crippen molar-refractivity contribution in [1.29, 1.82) is 0 Å². The Labute approximate surface area is 89.4 Å². The number of rotatable bonds is 8. The van der Waals surface area contributed by atoms with Gasteiger partial charge in [-0.3, -0.25) is 0 Å². The topological polar surface area (TPSA) is 0 Å². The number of hydrogen-bond donors (Lipinski definition) is 0. The molecule has 0 radical (unpaired) electrons. The molecule has 0 aliphatic rings. The van der Waals surface area contributed by atoms with E-state index in [4.69, 9.17) is 0 Å². The van der Waals surface area contributed by atoms with E-state index in [1.165, 1.54) is 25.7 Å². The average Bonchev–Trinajstić information content (AvgIpc) is 2.21. The van der Waals surface area contributed by atoms with Gasteiger partial charge in [-0.25, -0.2) is 0 Å². The van der Waals surface area contributed by atoms with Gasteiger partial charge in [-0.05, 0) is 32.1 Å². The Morgan fingerprint density at radius 1 is 0.643 bits per heavy atom. The Morgan fingerprint density at radius 2 is 1.21 bits per heavy atom. The summed E-state index contributed by atoms with van der Waals surface area (Å²) in [6.07, 6.45) is 20.6. The van der Waals surface area contributed by atoms with Crippen LogP contribution in [0.1, 0.15) is 52.4 Å². The van der Waals surface area contributed by atoms with E-state index in [1.54, 1.807) is 0 Å². The second-order valence-corrected chi connectivity index (χ2v) is 3.42. The molecule has 0 unspecified atom stereocenters. The van der Waals surface area contributed by atoms with Gasteiger partial charge >= 0.3 is 0 Å². The molecule has 0 bridgehead atoms. The zero-order valence-corrected chi connectivity index (χ0v) is 9.71. The van der Waals surface area contributed by atoms with Crippen LogP contribution in [-0.4, -0.2) is 0 Å². The van der Waals surface area contributed by atoms with E-state index in [0.717, 1.165) is 12.8 Å². The predicted octanol–water partition coefficient (Wildman–Crippen LogP) is 5.04. The van der Waals surface area contributed by atoms with Gasteiger partial charge in [0.25, 0.3) is 0 Å². The predicted molar refractivity (Wildman–Crippen MR) is 66.5 cm³/mol. The molecule has 0 atom stereocenters. The van der Waals surface area contributed by atoms with Crippen LogP contribution < -0.4 is 0 Å². The molecule has 0 saturated carbocycles. The van der Waals surface area contributed by atoms with Crippen LogP contribution in [0.5, 0.6) is 0 Å². The van der Waals surface area contributed by atoms with Crippen molar-refractivity contribution in [3.8, 4) is 0 Å². The smallest absolute Gasteiger partial charge is 0.0169 e. The molecule has 14 heavy (non-hydrogen) atoms. The molecule has 0 aromatic rings. The third-order valence-corrected chi connectivity index (χ3v) is 1.96. The van der Waals surface area contributed by atoms with Crippen molar-refractivity contribution in [2.24, 2.45) is 0 Å². The highest BCUT2D eigenvalue weighted by atomic mass is 13.8. The summed E-state index contributed by atoms with van der Waals surface area (Å²) in [5.41, 5.74) is 0. The molecule has 0 N–H and O–H groups in total. The lowest BCUT2D eigenvalue weighted by atomic mass is 10.2. The lowest BCUT2D eigenvalue weighted by molar-refractivity contribution is 0.954. The summed E-state index contributed by atoms with van der Waals surface area (Å²) in [4.78, 5) is 0. The van der Waals surface area contributed by atoms with Gasteiger partial charge in [0.1, 0.15) is 0 Å². The maximum absolute atomic E-state index is 2.27. The maximum Gasteiger partial charge on any atom is -0.0169 e. The molecule has 0 fully saturated rings. The van der Waals surface area contributed by atoms with Crippen LogP contribution in [-0.2, 0) is 0 Å². The van der Waals surface area contributed by atoms with E-state index < -0.39 is 0 Å². The summed E-state index contributed by atoms with van der Waals surface area (Å²) in [5.74, 6) is 0. The van der Waals surface area contributed by atoms with E-state index in [-0.39, 0.29) is 0 Å². The first kappa shape index (κ1) is 13.2. The number of allylic oxidation sites excluding steroid dienone is 6. The molecule has 0 saturated heterocycles. The van der Waals surface area contributed by atoms with Gasteiger partial charge in [-0.1, -0.05) is 56.7 Å². The van der Waals surface area contributed by atoms with Gasteiger partial charge in [-0.2, -0.15) is 0 Å². The zero-order valence-electron chi connectivity index (χ0n) is 9.71. The molecule has 0 aliphatic carbocycles. The first-order valence-electron chi connectivity index (χ1n) is 5.86. The molecule has 80 valence electrons. The Kier molecular flexibility index (Phi) is 11.5. The summed E-state index contributed by atoms with van der Waals surface area (Å²) >= 11 is 0. The fourth-order valence-electron chi connectivity index (χ4n) is 1.15. The van der Waals surface area contributed by atoms with Gasteiger partial charge in [0.15, 0.2) is 0 Å². The summed E-state index contributed by atoms with van der Waals surface area (Å²) in [6, 6.07) is 0. The number of hydrogen-bond acceptors (Lipinski definition) is 0. The summed E-state index contributed by atoms with van der Waals surface area (Å²) in [5, 5.41) is 0. The monoisotopic (exact) mass is 192 g/mol. The van der Waals surface area contributed by atoms with E-state index in [9.17, 15) is 0 Å². The molecule has 0 heterocycles. The van der Waals surface area contributed by atoms with E-state index >= 15 is 0 Å². The van der Waals surface area contributed by atoms with Crippen molar-refractivity contribution in [1.82, 2.24) is 0 Å². The van der Waals surface area contributed by atoms with Crippen molar-refractivity contribution < 1.29 is 0 Å². The Bertz CT molecular complexity index is 172. The standard InChI is InChI=1S/C14H24/c1-3-5-7-9-11-13-14-12-10-8-6-4-2/h5,7-8,10,13-14H,3-4,6,9,11-12H2,1-2H3. The highest BCUT2D eigenvalue weighted by Crippen LogP contribution is 1.97. The van der Waals surface area contributed by atoms with Gasteiger partial charge in [0.05, 0.1) is 0 Å². The second-order valence-electron chi connectivity index (χ2n) is 3.42. The van der Waals surface area contributed by atoms with Crippen molar-refractivity contribution in [2.75, 3.05) is 0 Å². The minimum Gasteiger partial charge on any atom is -0.0888 e. The minimum absolute atomic E-state index is 1.09. The van der Waals surface area contributed by atoms with Crippen LogP contribution in [0, 0.1) is 0 Å². The van der Waals surface area contributed by atoms with Crippen LogP contribution in [0.25, 0.3) is 0 Å². The lowest BCUT2D eigenvalue weighted by Crippen LogP contribution is -1.66. The van der Waals surface area contributed by atoms with E-state index in [0.29, 0.717) is 0 Å². The molecule has 0 spiro atoms. The summed E-state index contributed by atoms with van der Waals surface area (Å²) in [6.45, 7) is 4.38. The molecular formula is C14H24. The first-order chi connectivity index (χ1) is 6.91. The summed E-state index contributed by atoms with van der Waals surface area (Å²) < 4.78 is 0. The normalized spacial score (nSPS) is 12.4. The number of unbranched alkanes of at least 4 members (excludes halogenated alkanes) is 2. The Balaban J connectivity index is 3.23. The lowest BCUT2D eigenvalue weighted by Gasteiger charge is -1.87. The largest absolute Gasteiger partial charge is 0.0888 e. The van der Waals surface area contributed by atoms with Crippen LogP contribution in [0.4, 0.5) is 0 Å². The second kappa shape index (κ2) is 12.2. The van der Waals surface area contributed by atoms with Crippen molar-refractivity contribution >= 4 is 0 Å². The van der Waals surface area contributed by atoms with Gasteiger partial charge in [0, 0.05) is 0 Å². The SMILES string of the molecule is CCC=CCCC=CCC=CCCC. The molecule has 0 nitrogen and oxygen atoms in total. The van der Waals surface area contributed by atoms with Crippen molar-refractivity contribution in [2.45, 2.75) is 52.4 Å². The molecule has 0 heteroatoms. The van der Waals surface area contributed by atoms with Gasteiger partial charge < -0.3 is 0 Å². The highest BCUT2D eigenvalue weighted by Gasteiger charge is 1.76. The Morgan fingerprint density at radius 3 is 1.79 bits per heavy atom. The fourth-order valence-corrected chi connectivity index (χ4v) is 1.15. The van der Waals surface area contributed by atoms with Crippen molar-refractivity contribution in [3.63, 3.8) is 0 Å². The molecule has 0 aromatic carbocycles. The molecule has 0 aliphatic heterocycles. The quantitative estimate of drug-likeness (QED) is 0.373. The fraction of sp³-hybridized carbons (Fsp3) is 0.571. The van der Waals surface area contributed by atoms with Gasteiger partial charge in [-0.15, -0.1) is 0 Å². The average molecular weight is 192 g/mol. The molecule has 0 aromatic heterocycles. The highest BCUT2D eigenvalue weighted by molar-refractivity contribution is 4.94. The third kappa shape index (κ3) is 11.2. The van der Waals surface area contributed by atoms with Crippen LogP contribution >= 0.6 is 0 Å². The maximum atomic E-state index is 2.27. The van der Waals surface area contributed by atoms with Crippen molar-refractivity contribution in [3.05, 3.63) is 36.5 Å². The zero-order chi connectivity index (χ0) is 10.5. The minimum atomic E-state index is 1.09. The van der Waals surface area contributed by atoms with Gasteiger partial charge in [0.2, 0.25) is 0 Å². The summed E-state index contributed by atoms with van der Waals surface area (Å²) in [7, 11) is 0. The molecule has 0 amide bonds. The van der Waals surface area contributed by atoms with E-state index in [1.807, 2.05) is 0 Å². The molecule has 0 rings (SSSR count).